The molecular weight excluding hydrogens is 248 g/mol. The number of aryl methyl sites for hydroxylation is 2. The van der Waals surface area contributed by atoms with Gasteiger partial charge in [0.1, 0.15) is 5.69 Å². The molecule has 106 valence electrons. The van der Waals surface area contributed by atoms with E-state index in [0.29, 0.717) is 0 Å². The van der Waals surface area contributed by atoms with E-state index >= 15 is 0 Å². The summed E-state index contributed by atoms with van der Waals surface area (Å²) in [5, 5.41) is 3.08. The van der Waals surface area contributed by atoms with Crippen molar-refractivity contribution in [1.29, 1.82) is 0 Å². The first kappa shape index (κ1) is 14.4. The third kappa shape index (κ3) is 2.77. The number of hydrogen-bond acceptors (Lipinski definition) is 1. The third-order valence-corrected chi connectivity index (χ3v) is 3.67. The minimum atomic E-state index is -0.00574. The van der Waals surface area contributed by atoms with Crippen LogP contribution in [0.3, 0.4) is 0 Å². The molecule has 2 rings (SSSR count). The van der Waals surface area contributed by atoms with Crippen molar-refractivity contribution >= 4 is 5.91 Å². The maximum Gasteiger partial charge on any atom is 0.268 e. The molecule has 1 aromatic carbocycles. The molecule has 0 spiro atoms. The first-order valence-corrected chi connectivity index (χ1v) is 7.07. The Morgan fingerprint density at radius 1 is 1.25 bits per heavy atom. The Kier molecular flexibility index (Phi) is 4.28. The van der Waals surface area contributed by atoms with E-state index in [0.717, 1.165) is 29.1 Å². The van der Waals surface area contributed by atoms with Gasteiger partial charge in [0, 0.05) is 12.2 Å². The summed E-state index contributed by atoms with van der Waals surface area (Å²) in [6, 6.07) is 12.1. The fourth-order valence-corrected chi connectivity index (χ4v) is 2.65. The molecule has 1 unspecified atom stereocenters. The van der Waals surface area contributed by atoms with E-state index in [-0.39, 0.29) is 11.9 Å². The Labute approximate surface area is 120 Å². The summed E-state index contributed by atoms with van der Waals surface area (Å²) in [4.78, 5) is 12.5. The van der Waals surface area contributed by atoms with Gasteiger partial charge >= 0.3 is 0 Å². The van der Waals surface area contributed by atoms with E-state index in [1.54, 1.807) is 0 Å². The van der Waals surface area contributed by atoms with Crippen LogP contribution in [-0.2, 0) is 6.54 Å². The van der Waals surface area contributed by atoms with Crippen LogP contribution in [0.5, 0.6) is 0 Å². The summed E-state index contributed by atoms with van der Waals surface area (Å²) in [7, 11) is 0. The second-order valence-electron chi connectivity index (χ2n) is 5.17. The second kappa shape index (κ2) is 5.95. The van der Waals surface area contributed by atoms with Gasteiger partial charge in [-0.3, -0.25) is 4.79 Å². The van der Waals surface area contributed by atoms with Crippen LogP contribution in [0.15, 0.2) is 36.4 Å². The van der Waals surface area contributed by atoms with Crippen LogP contribution in [0.1, 0.15) is 47.2 Å². The number of rotatable bonds is 4. The molecule has 0 aliphatic rings. The molecule has 0 aliphatic heterocycles. The van der Waals surface area contributed by atoms with Gasteiger partial charge < -0.3 is 9.88 Å². The van der Waals surface area contributed by atoms with Crippen molar-refractivity contribution in [1.82, 2.24) is 9.88 Å². The van der Waals surface area contributed by atoms with E-state index in [1.807, 2.05) is 51.1 Å². The fourth-order valence-electron chi connectivity index (χ4n) is 2.65. The molecule has 0 bridgehead atoms. The van der Waals surface area contributed by atoms with Crippen LogP contribution >= 0.6 is 0 Å². The van der Waals surface area contributed by atoms with Crippen LogP contribution in [0.2, 0.25) is 0 Å². The molecule has 20 heavy (non-hydrogen) atoms. The molecule has 1 N–H and O–H groups in total. The molecule has 0 saturated carbocycles. The maximum absolute atomic E-state index is 12.5. The highest BCUT2D eigenvalue weighted by molar-refractivity contribution is 5.94. The lowest BCUT2D eigenvalue weighted by Crippen LogP contribution is -2.29. The number of nitrogens with zero attached hydrogens (tertiary/aromatic N) is 1. The monoisotopic (exact) mass is 270 g/mol. The van der Waals surface area contributed by atoms with Gasteiger partial charge in [0.05, 0.1) is 6.04 Å². The normalized spacial score (nSPS) is 12.2. The minimum absolute atomic E-state index is 0.00334. The Morgan fingerprint density at radius 2 is 1.90 bits per heavy atom. The van der Waals surface area contributed by atoms with Crippen molar-refractivity contribution in [2.75, 3.05) is 0 Å². The average molecular weight is 270 g/mol. The second-order valence-corrected chi connectivity index (χ2v) is 5.17. The number of aromatic nitrogens is 1. The van der Waals surface area contributed by atoms with Crippen molar-refractivity contribution in [2.24, 2.45) is 0 Å². The van der Waals surface area contributed by atoms with Gasteiger partial charge in [-0.05, 0) is 44.9 Å². The summed E-state index contributed by atoms with van der Waals surface area (Å²) in [5.74, 6) is -0.00574. The van der Waals surface area contributed by atoms with Crippen molar-refractivity contribution in [2.45, 2.75) is 40.3 Å². The number of benzene rings is 1. The Bertz CT molecular complexity index is 599. The van der Waals surface area contributed by atoms with E-state index in [4.69, 9.17) is 0 Å². The molecule has 1 amide bonds. The van der Waals surface area contributed by atoms with Crippen molar-refractivity contribution in [3.63, 3.8) is 0 Å². The highest BCUT2D eigenvalue weighted by atomic mass is 16.2. The fraction of sp³-hybridized carbons (Fsp3) is 0.353. The van der Waals surface area contributed by atoms with Gasteiger partial charge in [-0.15, -0.1) is 0 Å². The zero-order valence-corrected chi connectivity index (χ0v) is 12.6. The largest absolute Gasteiger partial charge is 0.344 e. The standard InChI is InChI=1S/C17H22N2O/c1-5-19-13(3)11-12(2)16(19)17(20)18-14(4)15-9-7-6-8-10-15/h6-11,14H,5H2,1-4H3,(H,18,20). The Balaban J connectivity index is 2.21. The quantitative estimate of drug-likeness (QED) is 0.904. The highest BCUT2D eigenvalue weighted by Gasteiger charge is 2.18. The highest BCUT2D eigenvalue weighted by Crippen LogP contribution is 2.17. The van der Waals surface area contributed by atoms with Crippen LogP contribution in [0.25, 0.3) is 0 Å². The number of carbonyl (C=O) groups excluding carboxylic acids is 1. The van der Waals surface area contributed by atoms with Gasteiger partial charge in [0.2, 0.25) is 0 Å². The van der Waals surface area contributed by atoms with Crippen LogP contribution in [-0.4, -0.2) is 10.5 Å². The Morgan fingerprint density at radius 3 is 2.50 bits per heavy atom. The maximum atomic E-state index is 12.5. The van der Waals surface area contributed by atoms with Crippen molar-refractivity contribution in [3.8, 4) is 0 Å². The topological polar surface area (TPSA) is 34.0 Å². The van der Waals surface area contributed by atoms with Crippen molar-refractivity contribution in [3.05, 3.63) is 58.9 Å². The van der Waals surface area contributed by atoms with Gasteiger partial charge in [-0.1, -0.05) is 30.3 Å². The number of carbonyl (C=O) groups is 1. The molecule has 3 nitrogen and oxygen atoms in total. The number of amides is 1. The summed E-state index contributed by atoms with van der Waals surface area (Å²) >= 11 is 0. The van der Waals surface area contributed by atoms with Crippen LogP contribution in [0.4, 0.5) is 0 Å². The number of hydrogen-bond donors (Lipinski definition) is 1. The zero-order chi connectivity index (χ0) is 14.7. The molecular formula is C17H22N2O. The average Bonchev–Trinajstić information content (AvgIpc) is 2.73. The molecule has 0 radical (unpaired) electrons. The first-order chi connectivity index (χ1) is 9.54. The Hall–Kier alpha value is -2.03. The zero-order valence-electron chi connectivity index (χ0n) is 12.6. The third-order valence-electron chi connectivity index (χ3n) is 3.67. The summed E-state index contributed by atoms with van der Waals surface area (Å²) in [5.41, 5.74) is 4.04. The molecule has 0 aliphatic carbocycles. The molecule has 3 heteroatoms. The van der Waals surface area contributed by atoms with Gasteiger partial charge in [0.15, 0.2) is 0 Å². The molecule has 1 heterocycles. The van der Waals surface area contributed by atoms with Crippen molar-refractivity contribution < 1.29 is 4.79 Å². The summed E-state index contributed by atoms with van der Waals surface area (Å²) < 4.78 is 2.06. The lowest BCUT2D eigenvalue weighted by Gasteiger charge is -2.16. The lowest BCUT2D eigenvalue weighted by atomic mass is 10.1. The van der Waals surface area contributed by atoms with E-state index < -0.39 is 0 Å². The summed E-state index contributed by atoms with van der Waals surface area (Å²) in [6.07, 6.45) is 0. The van der Waals surface area contributed by atoms with E-state index in [9.17, 15) is 4.79 Å². The lowest BCUT2D eigenvalue weighted by molar-refractivity contribution is 0.0929. The van der Waals surface area contributed by atoms with E-state index in [1.165, 1.54) is 0 Å². The van der Waals surface area contributed by atoms with Crippen LogP contribution < -0.4 is 5.32 Å². The van der Waals surface area contributed by atoms with Gasteiger partial charge in [-0.2, -0.15) is 0 Å². The summed E-state index contributed by atoms with van der Waals surface area (Å²) in [6.45, 7) is 8.90. The predicted octanol–water partition coefficient (Wildman–Crippen LogP) is 3.62. The number of nitrogens with one attached hydrogen (secondary N) is 1. The first-order valence-electron chi connectivity index (χ1n) is 7.07. The molecule has 1 atom stereocenters. The van der Waals surface area contributed by atoms with E-state index in [2.05, 4.69) is 22.9 Å². The van der Waals surface area contributed by atoms with Crippen LogP contribution in [0, 0.1) is 13.8 Å². The SMILES string of the molecule is CCn1c(C)cc(C)c1C(=O)NC(C)c1ccccc1. The predicted molar refractivity (Wildman–Crippen MR) is 81.9 cm³/mol. The van der Waals surface area contributed by atoms with Gasteiger partial charge in [0.25, 0.3) is 5.91 Å². The smallest absolute Gasteiger partial charge is 0.268 e. The van der Waals surface area contributed by atoms with Gasteiger partial charge in [-0.25, -0.2) is 0 Å². The minimum Gasteiger partial charge on any atom is -0.344 e. The molecule has 2 aromatic rings. The molecule has 0 saturated heterocycles. The molecule has 0 fully saturated rings. The molecule has 1 aromatic heterocycles.